The summed E-state index contributed by atoms with van der Waals surface area (Å²) in [6.07, 6.45) is 0. The Morgan fingerprint density at radius 1 is 1.07 bits per heavy atom. The molecule has 3 aromatic rings. The topological polar surface area (TPSA) is 76.1 Å². The highest BCUT2D eigenvalue weighted by atomic mass is 79.9. The van der Waals surface area contributed by atoms with Crippen molar-refractivity contribution in [3.05, 3.63) is 74.2 Å². The number of hydrogen-bond acceptors (Lipinski definition) is 5. The highest BCUT2D eigenvalue weighted by molar-refractivity contribution is 9.10. The van der Waals surface area contributed by atoms with Gasteiger partial charge in [0.15, 0.2) is 5.13 Å². The van der Waals surface area contributed by atoms with E-state index in [0.29, 0.717) is 27.3 Å². The zero-order chi connectivity index (χ0) is 19.8. The van der Waals surface area contributed by atoms with Gasteiger partial charge in [-0.05, 0) is 44.0 Å². The van der Waals surface area contributed by atoms with E-state index < -0.39 is 10.0 Å². The maximum Gasteiger partial charge on any atom is 0.264 e. The number of hydrogen-bond donors (Lipinski definition) is 1. The second-order valence-corrected chi connectivity index (χ2v) is 9.64. The van der Waals surface area contributed by atoms with E-state index in [-0.39, 0.29) is 15.8 Å². The van der Waals surface area contributed by atoms with Gasteiger partial charge in [0.25, 0.3) is 10.0 Å². The molecule has 0 spiro atoms. The molecule has 0 aliphatic heterocycles. The van der Waals surface area contributed by atoms with Gasteiger partial charge >= 0.3 is 0 Å². The predicted molar refractivity (Wildman–Crippen MR) is 111 cm³/mol. The molecule has 1 aromatic heterocycles. The normalized spacial score (nSPS) is 11.4. The van der Waals surface area contributed by atoms with Crippen LogP contribution in [0.4, 0.5) is 5.13 Å². The number of sulfonamides is 1. The number of rotatable bonds is 5. The molecule has 0 saturated heterocycles. The van der Waals surface area contributed by atoms with Crippen LogP contribution in [0.2, 0.25) is 0 Å². The molecule has 0 unspecified atom stereocenters. The van der Waals surface area contributed by atoms with Gasteiger partial charge in [-0.3, -0.25) is 9.52 Å². The maximum absolute atomic E-state index is 12.9. The summed E-state index contributed by atoms with van der Waals surface area (Å²) >= 11 is 4.41. The lowest BCUT2D eigenvalue weighted by Gasteiger charge is -2.11. The van der Waals surface area contributed by atoms with E-state index in [2.05, 4.69) is 25.6 Å². The third-order valence-electron chi connectivity index (χ3n) is 3.95. The van der Waals surface area contributed by atoms with Crippen LogP contribution in [0.25, 0.3) is 0 Å². The van der Waals surface area contributed by atoms with Crippen molar-refractivity contribution in [1.29, 1.82) is 0 Å². The van der Waals surface area contributed by atoms with Crippen LogP contribution in [0.1, 0.15) is 32.1 Å². The number of thiazole rings is 1. The zero-order valence-electron chi connectivity index (χ0n) is 14.9. The number of carbonyl (C=O) groups excluding carboxylic acids is 1. The number of anilines is 1. The molecule has 0 aliphatic carbocycles. The minimum absolute atomic E-state index is 0.174. The van der Waals surface area contributed by atoms with Crippen molar-refractivity contribution in [3.8, 4) is 0 Å². The molecule has 27 heavy (non-hydrogen) atoms. The third kappa shape index (κ3) is 4.12. The minimum atomic E-state index is -3.82. The minimum Gasteiger partial charge on any atom is -0.288 e. The second-order valence-electron chi connectivity index (χ2n) is 6.10. The molecule has 1 N–H and O–H groups in total. The van der Waals surface area contributed by atoms with Crippen molar-refractivity contribution in [1.82, 2.24) is 4.98 Å². The Morgan fingerprint density at radius 2 is 1.67 bits per heavy atom. The van der Waals surface area contributed by atoms with Gasteiger partial charge in [-0.25, -0.2) is 13.4 Å². The first-order valence-corrected chi connectivity index (χ1v) is 11.1. The Balaban J connectivity index is 1.94. The lowest BCUT2D eigenvalue weighted by Crippen LogP contribution is -2.15. The molecule has 0 atom stereocenters. The summed E-state index contributed by atoms with van der Waals surface area (Å²) in [5, 5.41) is 0.175. The predicted octanol–water partition coefficient (Wildman–Crippen LogP) is 4.86. The Morgan fingerprint density at radius 3 is 2.26 bits per heavy atom. The number of aryl methyl sites for hydroxylation is 3. The SMILES string of the molecule is Cc1cc(Br)cc(C)c1S(=O)(=O)Nc1nc(C)c(C(=O)c2ccccc2)s1. The summed E-state index contributed by atoms with van der Waals surface area (Å²) in [5.41, 5.74) is 2.29. The second kappa shape index (κ2) is 7.53. The number of carbonyl (C=O) groups is 1. The average Bonchev–Trinajstić information content (AvgIpc) is 2.93. The lowest BCUT2D eigenvalue weighted by atomic mass is 10.1. The van der Waals surface area contributed by atoms with Crippen LogP contribution in [0.3, 0.4) is 0 Å². The first-order chi connectivity index (χ1) is 12.7. The van der Waals surface area contributed by atoms with E-state index in [4.69, 9.17) is 0 Å². The molecular formula is C19H17BrN2O3S2. The lowest BCUT2D eigenvalue weighted by molar-refractivity contribution is 0.104. The molecule has 140 valence electrons. The number of nitrogens with zero attached hydrogens (tertiary/aromatic N) is 1. The first-order valence-electron chi connectivity index (χ1n) is 8.06. The molecule has 5 nitrogen and oxygen atoms in total. The fraction of sp³-hybridized carbons (Fsp3) is 0.158. The summed E-state index contributed by atoms with van der Waals surface area (Å²) in [6, 6.07) is 12.3. The van der Waals surface area contributed by atoms with E-state index in [9.17, 15) is 13.2 Å². The monoisotopic (exact) mass is 464 g/mol. The zero-order valence-corrected chi connectivity index (χ0v) is 18.1. The Bertz CT molecular complexity index is 1100. The molecular weight excluding hydrogens is 448 g/mol. The summed E-state index contributed by atoms with van der Waals surface area (Å²) < 4.78 is 29.1. The summed E-state index contributed by atoms with van der Waals surface area (Å²) in [5.74, 6) is -0.174. The highest BCUT2D eigenvalue weighted by Gasteiger charge is 2.24. The fourth-order valence-electron chi connectivity index (χ4n) is 2.86. The van der Waals surface area contributed by atoms with Crippen molar-refractivity contribution in [2.24, 2.45) is 0 Å². The summed E-state index contributed by atoms with van der Waals surface area (Å²) in [4.78, 5) is 17.5. The molecule has 8 heteroatoms. The molecule has 0 bridgehead atoms. The summed E-state index contributed by atoms with van der Waals surface area (Å²) in [6.45, 7) is 5.17. The molecule has 1 heterocycles. The molecule has 0 amide bonds. The van der Waals surface area contributed by atoms with Crippen molar-refractivity contribution in [3.63, 3.8) is 0 Å². The van der Waals surface area contributed by atoms with Gasteiger partial charge < -0.3 is 0 Å². The van der Waals surface area contributed by atoms with Gasteiger partial charge in [0.2, 0.25) is 5.78 Å². The van der Waals surface area contributed by atoms with E-state index in [1.54, 1.807) is 57.2 Å². The smallest absolute Gasteiger partial charge is 0.264 e. The van der Waals surface area contributed by atoms with E-state index >= 15 is 0 Å². The van der Waals surface area contributed by atoms with Crippen molar-refractivity contribution >= 4 is 48.2 Å². The standard InChI is InChI=1S/C19H17BrN2O3S2/c1-11-9-15(20)10-12(2)18(11)27(24,25)22-19-21-13(3)17(26-19)16(23)14-7-5-4-6-8-14/h4-10H,1-3H3,(H,21,22). The summed E-state index contributed by atoms with van der Waals surface area (Å²) in [7, 11) is -3.82. The molecule has 2 aromatic carbocycles. The fourth-order valence-corrected chi connectivity index (χ4v) is 6.16. The Hall–Kier alpha value is -2.03. The molecule has 0 saturated carbocycles. The van der Waals surface area contributed by atoms with Gasteiger partial charge in [0.1, 0.15) is 0 Å². The van der Waals surface area contributed by atoms with Crippen molar-refractivity contribution < 1.29 is 13.2 Å². The van der Waals surface area contributed by atoms with Crippen LogP contribution in [0.15, 0.2) is 51.8 Å². The number of nitrogens with one attached hydrogen (secondary N) is 1. The Kier molecular flexibility index (Phi) is 5.50. The van der Waals surface area contributed by atoms with Crippen molar-refractivity contribution in [2.45, 2.75) is 25.7 Å². The van der Waals surface area contributed by atoms with Crippen LogP contribution < -0.4 is 4.72 Å². The number of aromatic nitrogens is 1. The Labute approximate surface area is 170 Å². The van der Waals surface area contributed by atoms with Gasteiger partial charge in [-0.15, -0.1) is 0 Å². The van der Waals surface area contributed by atoms with E-state index in [0.717, 1.165) is 15.8 Å². The maximum atomic E-state index is 12.9. The highest BCUT2D eigenvalue weighted by Crippen LogP contribution is 2.30. The van der Waals surface area contributed by atoms with Crippen LogP contribution in [0, 0.1) is 20.8 Å². The van der Waals surface area contributed by atoms with E-state index in [1.165, 1.54) is 0 Å². The van der Waals surface area contributed by atoms with Gasteiger partial charge in [0.05, 0.1) is 15.5 Å². The van der Waals surface area contributed by atoms with Crippen molar-refractivity contribution in [2.75, 3.05) is 4.72 Å². The van der Waals surface area contributed by atoms with Crippen LogP contribution in [-0.2, 0) is 10.0 Å². The number of halogens is 1. The van der Waals surface area contributed by atoms with Gasteiger partial charge in [-0.2, -0.15) is 0 Å². The first kappa shape index (κ1) is 19.7. The molecule has 0 radical (unpaired) electrons. The van der Waals surface area contributed by atoms with Gasteiger partial charge in [0, 0.05) is 10.0 Å². The van der Waals surface area contributed by atoms with Crippen LogP contribution >= 0.6 is 27.3 Å². The largest absolute Gasteiger partial charge is 0.288 e. The van der Waals surface area contributed by atoms with E-state index in [1.807, 2.05) is 6.07 Å². The van der Waals surface area contributed by atoms with Crippen LogP contribution in [-0.4, -0.2) is 19.2 Å². The number of benzene rings is 2. The molecule has 0 fully saturated rings. The molecule has 3 rings (SSSR count). The van der Waals surface area contributed by atoms with Crippen LogP contribution in [0.5, 0.6) is 0 Å². The quantitative estimate of drug-likeness (QED) is 0.546. The average molecular weight is 465 g/mol. The van der Waals surface area contributed by atoms with Gasteiger partial charge in [-0.1, -0.05) is 57.6 Å². The number of ketones is 1. The third-order valence-corrected chi connectivity index (χ3v) is 7.26. The molecule has 0 aliphatic rings.